The number of fused-ring (bicyclic) bond motifs is 1. The average Bonchev–Trinajstić information content (AvgIpc) is 2.09. The first-order chi connectivity index (χ1) is 4.77. The van der Waals surface area contributed by atoms with E-state index in [1.807, 2.05) is 0 Å². The fourth-order valence-electron chi connectivity index (χ4n) is 2.29. The van der Waals surface area contributed by atoms with E-state index in [2.05, 4.69) is 0 Å². The summed E-state index contributed by atoms with van der Waals surface area (Å²) in [5.41, 5.74) is 0. The molecule has 0 saturated heterocycles. The van der Waals surface area contributed by atoms with Crippen LogP contribution in [0.25, 0.3) is 0 Å². The summed E-state index contributed by atoms with van der Waals surface area (Å²) < 4.78 is 0. The van der Waals surface area contributed by atoms with Crippen molar-refractivity contribution >= 4 is 5.97 Å². The molecule has 2 fully saturated rings. The van der Waals surface area contributed by atoms with E-state index in [1.165, 1.54) is 12.8 Å². The molecule has 0 aromatic heterocycles. The van der Waals surface area contributed by atoms with Gasteiger partial charge in [0.25, 0.3) is 0 Å². The number of hydrogen-bond donors (Lipinski definition) is 1. The molecule has 1 N–H and O–H groups in total. The molecule has 2 saturated carbocycles. The van der Waals surface area contributed by atoms with Crippen LogP contribution in [0.4, 0.5) is 0 Å². The summed E-state index contributed by atoms with van der Waals surface area (Å²) in [6.45, 7) is 0. The van der Waals surface area contributed by atoms with Crippen LogP contribution in [0, 0.1) is 17.8 Å². The number of rotatable bonds is 1. The highest BCUT2D eigenvalue weighted by Gasteiger charge is 2.42. The Labute approximate surface area is 60.2 Å². The van der Waals surface area contributed by atoms with Crippen molar-refractivity contribution < 1.29 is 9.90 Å². The normalized spacial score (nSPS) is 38.8. The first-order valence-corrected chi connectivity index (χ1v) is 4.00. The van der Waals surface area contributed by atoms with Gasteiger partial charge in [-0.1, -0.05) is 0 Å². The van der Waals surface area contributed by atoms with E-state index in [0.29, 0.717) is 0 Å². The second-order valence-corrected chi connectivity index (χ2v) is 3.60. The molecule has 0 aromatic carbocycles. The lowest BCUT2D eigenvalue weighted by atomic mass is 9.77. The highest BCUT2D eigenvalue weighted by Crippen LogP contribution is 2.49. The predicted molar refractivity (Wildman–Crippen MR) is 36.6 cm³/mol. The number of carbonyl (C=O) groups is 1. The molecule has 0 amide bonds. The van der Waals surface area contributed by atoms with E-state index in [0.717, 1.165) is 24.7 Å². The highest BCUT2D eigenvalue weighted by molar-refractivity contribution is 5.70. The van der Waals surface area contributed by atoms with Crippen LogP contribution in [0.3, 0.4) is 0 Å². The Kier molecular flexibility index (Phi) is 1.22. The summed E-state index contributed by atoms with van der Waals surface area (Å²) >= 11 is 0. The van der Waals surface area contributed by atoms with E-state index < -0.39 is 5.97 Å². The molecule has 0 aromatic rings. The summed E-state index contributed by atoms with van der Waals surface area (Å²) in [5, 5.41) is 8.68. The van der Waals surface area contributed by atoms with Crippen molar-refractivity contribution in [2.24, 2.45) is 17.8 Å². The van der Waals surface area contributed by atoms with Gasteiger partial charge in [0.15, 0.2) is 0 Å². The van der Waals surface area contributed by atoms with Gasteiger partial charge in [0, 0.05) is 0 Å². The molecule has 2 aliphatic rings. The maximum Gasteiger partial charge on any atom is 0.306 e. The third-order valence-corrected chi connectivity index (χ3v) is 3.10. The molecule has 2 aliphatic carbocycles. The van der Waals surface area contributed by atoms with Gasteiger partial charge in [-0.2, -0.15) is 0 Å². The minimum Gasteiger partial charge on any atom is -0.481 e. The predicted octanol–water partition coefficient (Wildman–Crippen LogP) is 1.51. The molecule has 0 bridgehead atoms. The Balaban J connectivity index is 1.98. The van der Waals surface area contributed by atoms with Gasteiger partial charge in [0.05, 0.1) is 5.92 Å². The smallest absolute Gasteiger partial charge is 0.306 e. The third-order valence-electron chi connectivity index (χ3n) is 3.10. The highest BCUT2D eigenvalue weighted by atomic mass is 16.4. The number of aliphatic carboxylic acids is 1. The van der Waals surface area contributed by atoms with Crippen LogP contribution in [-0.4, -0.2) is 11.1 Å². The molecular weight excluding hydrogens is 128 g/mol. The number of carboxylic acid groups (broad SMARTS) is 1. The minimum absolute atomic E-state index is 0.00231. The SMILES string of the molecule is O=C(O)C1C[C@@H]2CC[C@H]2C1. The second-order valence-electron chi connectivity index (χ2n) is 3.60. The maximum absolute atomic E-state index is 10.5. The summed E-state index contributed by atoms with van der Waals surface area (Å²) in [6, 6.07) is 0. The topological polar surface area (TPSA) is 37.3 Å². The van der Waals surface area contributed by atoms with E-state index >= 15 is 0 Å². The van der Waals surface area contributed by atoms with Crippen molar-refractivity contribution in [2.45, 2.75) is 25.7 Å². The summed E-state index contributed by atoms with van der Waals surface area (Å²) in [7, 11) is 0. The largest absolute Gasteiger partial charge is 0.481 e. The van der Waals surface area contributed by atoms with Gasteiger partial charge in [0.1, 0.15) is 0 Å². The molecule has 0 unspecified atom stereocenters. The Morgan fingerprint density at radius 3 is 2.00 bits per heavy atom. The summed E-state index contributed by atoms with van der Waals surface area (Å²) in [5.74, 6) is 0.981. The van der Waals surface area contributed by atoms with Crippen LogP contribution in [0.5, 0.6) is 0 Å². The third kappa shape index (κ3) is 0.746. The fourth-order valence-corrected chi connectivity index (χ4v) is 2.29. The second kappa shape index (κ2) is 1.97. The zero-order valence-electron chi connectivity index (χ0n) is 5.92. The summed E-state index contributed by atoms with van der Waals surface area (Å²) in [4.78, 5) is 10.5. The fraction of sp³-hybridized carbons (Fsp3) is 0.875. The van der Waals surface area contributed by atoms with Crippen molar-refractivity contribution in [3.8, 4) is 0 Å². The van der Waals surface area contributed by atoms with Crippen molar-refractivity contribution in [1.82, 2.24) is 0 Å². The van der Waals surface area contributed by atoms with Gasteiger partial charge in [-0.05, 0) is 37.5 Å². The maximum atomic E-state index is 10.5. The standard InChI is InChI=1S/C8H12O2/c9-8(10)7-3-5-1-2-6(5)4-7/h5-7H,1-4H2,(H,9,10)/t5-,6-/m0/s1. The van der Waals surface area contributed by atoms with E-state index in [4.69, 9.17) is 5.11 Å². The number of hydrogen-bond acceptors (Lipinski definition) is 1. The van der Waals surface area contributed by atoms with Crippen molar-refractivity contribution in [1.29, 1.82) is 0 Å². The van der Waals surface area contributed by atoms with Crippen molar-refractivity contribution in [3.63, 3.8) is 0 Å². The Hall–Kier alpha value is -0.530. The summed E-state index contributed by atoms with van der Waals surface area (Å²) in [6.07, 6.45) is 4.49. The number of carboxylic acids is 1. The van der Waals surface area contributed by atoms with E-state index in [1.54, 1.807) is 0 Å². The molecule has 2 rings (SSSR count). The first kappa shape index (κ1) is 6.20. The van der Waals surface area contributed by atoms with Gasteiger partial charge in [-0.3, -0.25) is 4.79 Å². The van der Waals surface area contributed by atoms with Crippen LogP contribution in [0.15, 0.2) is 0 Å². The lowest BCUT2D eigenvalue weighted by Crippen LogP contribution is -2.18. The van der Waals surface area contributed by atoms with Gasteiger partial charge >= 0.3 is 5.97 Å². The lowest BCUT2D eigenvalue weighted by molar-refractivity contribution is -0.141. The Morgan fingerprint density at radius 2 is 1.70 bits per heavy atom. The molecule has 56 valence electrons. The molecule has 2 nitrogen and oxygen atoms in total. The van der Waals surface area contributed by atoms with Crippen LogP contribution in [0.1, 0.15) is 25.7 Å². The van der Waals surface area contributed by atoms with Gasteiger partial charge in [-0.15, -0.1) is 0 Å². The Morgan fingerprint density at radius 1 is 1.20 bits per heavy atom. The molecule has 0 radical (unpaired) electrons. The van der Waals surface area contributed by atoms with Gasteiger partial charge in [-0.25, -0.2) is 0 Å². The molecule has 0 heterocycles. The van der Waals surface area contributed by atoms with E-state index in [-0.39, 0.29) is 5.92 Å². The van der Waals surface area contributed by atoms with Gasteiger partial charge < -0.3 is 5.11 Å². The molecule has 2 atom stereocenters. The lowest BCUT2D eigenvalue weighted by Gasteiger charge is -2.29. The van der Waals surface area contributed by atoms with Crippen LogP contribution in [0.2, 0.25) is 0 Å². The van der Waals surface area contributed by atoms with Crippen LogP contribution in [-0.2, 0) is 4.79 Å². The first-order valence-electron chi connectivity index (χ1n) is 4.00. The zero-order valence-corrected chi connectivity index (χ0v) is 5.92. The Bertz CT molecular complexity index is 153. The molecule has 0 aliphatic heterocycles. The average molecular weight is 140 g/mol. The van der Waals surface area contributed by atoms with Crippen LogP contribution < -0.4 is 0 Å². The van der Waals surface area contributed by atoms with Crippen molar-refractivity contribution in [3.05, 3.63) is 0 Å². The monoisotopic (exact) mass is 140 g/mol. The van der Waals surface area contributed by atoms with Gasteiger partial charge in [0.2, 0.25) is 0 Å². The molecule has 0 spiro atoms. The minimum atomic E-state index is -0.575. The van der Waals surface area contributed by atoms with E-state index in [9.17, 15) is 4.79 Å². The van der Waals surface area contributed by atoms with Crippen LogP contribution >= 0.6 is 0 Å². The molecule has 2 heteroatoms. The molecule has 10 heavy (non-hydrogen) atoms. The van der Waals surface area contributed by atoms with Crippen molar-refractivity contribution in [2.75, 3.05) is 0 Å². The zero-order chi connectivity index (χ0) is 7.14. The molecular formula is C8H12O2. The quantitative estimate of drug-likeness (QED) is 0.599.